The molecule has 1 aromatic heterocycles. The van der Waals surface area contributed by atoms with E-state index in [4.69, 9.17) is 15.3 Å². The largest absolute Gasteiger partial charge is 0.436 e. The maximum atomic E-state index is 13.7. The molecule has 1 aromatic carbocycles. The summed E-state index contributed by atoms with van der Waals surface area (Å²) in [4.78, 5) is 8.16. The van der Waals surface area contributed by atoms with Crippen LogP contribution in [0.25, 0.3) is 0 Å². The highest BCUT2D eigenvalue weighted by atomic mass is 79.9. The maximum Gasteiger partial charge on any atom is 0.224 e. The van der Waals surface area contributed by atoms with Gasteiger partial charge < -0.3 is 14.9 Å². The molecule has 0 aliphatic carbocycles. The first-order chi connectivity index (χ1) is 9.62. The molecule has 0 aliphatic rings. The van der Waals surface area contributed by atoms with E-state index in [1.807, 2.05) is 0 Å². The molecule has 0 amide bonds. The Balaban J connectivity index is 2.29. The van der Waals surface area contributed by atoms with Crippen molar-refractivity contribution in [1.82, 2.24) is 9.97 Å². The van der Waals surface area contributed by atoms with Crippen LogP contribution >= 0.6 is 15.9 Å². The summed E-state index contributed by atoms with van der Waals surface area (Å²) in [5.41, 5.74) is 2.39. The molecule has 106 valence electrons. The molecule has 0 spiro atoms. The number of nitrogen functional groups attached to an aromatic ring is 1. The summed E-state index contributed by atoms with van der Waals surface area (Å²) in [7, 11) is 1.51. The lowest BCUT2D eigenvalue weighted by Crippen LogP contribution is -2.11. The fraction of sp³-hybridized carbons (Fsp3) is 0.167. The molecule has 20 heavy (non-hydrogen) atoms. The van der Waals surface area contributed by atoms with Crippen molar-refractivity contribution in [3.8, 4) is 11.6 Å². The third kappa shape index (κ3) is 3.62. The molecule has 0 aliphatic heterocycles. The van der Waals surface area contributed by atoms with Crippen molar-refractivity contribution >= 4 is 21.7 Å². The van der Waals surface area contributed by atoms with E-state index in [1.165, 1.54) is 25.3 Å². The van der Waals surface area contributed by atoms with Crippen LogP contribution in [0.3, 0.4) is 0 Å². The summed E-state index contributed by atoms with van der Waals surface area (Å²) in [5.74, 6) is 5.74. The molecule has 6 nitrogen and oxygen atoms in total. The minimum absolute atomic E-state index is 0.0539. The number of aromatic nitrogens is 2. The summed E-state index contributed by atoms with van der Waals surface area (Å²) in [5, 5.41) is 0. The Labute approximate surface area is 123 Å². The second-order valence-electron chi connectivity index (χ2n) is 3.76. The van der Waals surface area contributed by atoms with Gasteiger partial charge >= 0.3 is 0 Å². The van der Waals surface area contributed by atoms with Crippen LogP contribution in [0.15, 0.2) is 28.7 Å². The van der Waals surface area contributed by atoms with E-state index in [-0.39, 0.29) is 18.2 Å². The molecule has 8 heteroatoms. The number of ether oxygens (including phenoxy) is 2. The number of hydrogen-bond acceptors (Lipinski definition) is 6. The van der Waals surface area contributed by atoms with Gasteiger partial charge in [0.15, 0.2) is 17.4 Å². The zero-order valence-electron chi connectivity index (χ0n) is 10.6. The van der Waals surface area contributed by atoms with Crippen molar-refractivity contribution in [1.29, 1.82) is 0 Å². The number of benzene rings is 1. The number of anilines is 1. The molecular formula is C12H12BrFN4O2. The first-order valence-corrected chi connectivity index (χ1v) is 6.38. The van der Waals surface area contributed by atoms with Crippen molar-refractivity contribution < 1.29 is 13.9 Å². The zero-order valence-corrected chi connectivity index (χ0v) is 12.1. The Morgan fingerprint density at radius 1 is 1.35 bits per heavy atom. The standard InChI is InChI=1S/C12H12BrFN4O2/c1-19-6-11-16-10(18-15)5-12(17-11)20-9-3-2-7(13)4-8(9)14/h2-5H,6,15H2,1H3,(H,16,17,18). The molecule has 0 saturated carbocycles. The van der Waals surface area contributed by atoms with E-state index in [2.05, 4.69) is 31.3 Å². The van der Waals surface area contributed by atoms with Crippen LogP contribution in [0, 0.1) is 5.82 Å². The van der Waals surface area contributed by atoms with Crippen LogP contribution in [-0.4, -0.2) is 17.1 Å². The molecule has 2 aromatic rings. The second kappa shape index (κ2) is 6.60. The average Bonchev–Trinajstić information content (AvgIpc) is 2.42. The molecular weight excluding hydrogens is 331 g/mol. The topological polar surface area (TPSA) is 82.3 Å². The summed E-state index contributed by atoms with van der Waals surface area (Å²) in [6, 6.07) is 5.92. The monoisotopic (exact) mass is 342 g/mol. The number of rotatable bonds is 5. The summed E-state index contributed by atoms with van der Waals surface area (Å²) < 4.78 is 24.7. The highest BCUT2D eigenvalue weighted by Gasteiger charge is 2.09. The number of hydrogen-bond donors (Lipinski definition) is 2. The number of halogens is 2. The van der Waals surface area contributed by atoms with E-state index >= 15 is 0 Å². The minimum atomic E-state index is -0.506. The SMILES string of the molecule is COCc1nc(NN)cc(Oc2ccc(Br)cc2F)n1. The lowest BCUT2D eigenvalue weighted by atomic mass is 10.3. The molecule has 0 saturated heterocycles. The van der Waals surface area contributed by atoms with Crippen LogP contribution in [0.5, 0.6) is 11.6 Å². The van der Waals surface area contributed by atoms with Gasteiger partial charge in [-0.3, -0.25) is 0 Å². The Bertz CT molecular complexity index is 612. The average molecular weight is 343 g/mol. The highest BCUT2D eigenvalue weighted by molar-refractivity contribution is 9.10. The molecule has 0 bridgehead atoms. The number of nitrogens with one attached hydrogen (secondary N) is 1. The van der Waals surface area contributed by atoms with E-state index in [0.717, 1.165) is 0 Å². The molecule has 0 atom stereocenters. The van der Waals surface area contributed by atoms with Gasteiger partial charge in [0.25, 0.3) is 0 Å². The molecule has 0 radical (unpaired) electrons. The lowest BCUT2D eigenvalue weighted by Gasteiger charge is -2.09. The van der Waals surface area contributed by atoms with Crippen molar-refractivity contribution in [3.63, 3.8) is 0 Å². The van der Waals surface area contributed by atoms with Gasteiger partial charge in [-0.1, -0.05) is 15.9 Å². The number of hydrazine groups is 1. The van der Waals surface area contributed by atoms with Crippen LogP contribution in [0.1, 0.15) is 5.82 Å². The van der Waals surface area contributed by atoms with Crippen molar-refractivity contribution in [3.05, 3.63) is 40.4 Å². The smallest absolute Gasteiger partial charge is 0.224 e. The first-order valence-electron chi connectivity index (χ1n) is 5.59. The molecule has 0 unspecified atom stereocenters. The lowest BCUT2D eigenvalue weighted by molar-refractivity contribution is 0.177. The Kier molecular flexibility index (Phi) is 4.83. The Morgan fingerprint density at radius 2 is 2.15 bits per heavy atom. The van der Waals surface area contributed by atoms with Gasteiger partial charge in [-0.25, -0.2) is 15.2 Å². The van der Waals surface area contributed by atoms with Crippen molar-refractivity contribution in [2.24, 2.45) is 5.84 Å². The van der Waals surface area contributed by atoms with Gasteiger partial charge in [0.05, 0.1) is 0 Å². The van der Waals surface area contributed by atoms with Gasteiger partial charge in [0.2, 0.25) is 5.88 Å². The first kappa shape index (κ1) is 14.6. The number of nitrogens with zero attached hydrogens (tertiary/aromatic N) is 2. The molecule has 3 N–H and O–H groups in total. The van der Waals surface area contributed by atoms with Crippen molar-refractivity contribution in [2.75, 3.05) is 12.5 Å². The van der Waals surface area contributed by atoms with Crippen LogP contribution in [0.2, 0.25) is 0 Å². The van der Waals surface area contributed by atoms with Gasteiger partial charge in [-0.2, -0.15) is 4.98 Å². The fourth-order valence-corrected chi connectivity index (χ4v) is 1.80. The highest BCUT2D eigenvalue weighted by Crippen LogP contribution is 2.26. The summed E-state index contributed by atoms with van der Waals surface area (Å²) >= 11 is 3.17. The predicted octanol–water partition coefficient (Wildman–Crippen LogP) is 2.60. The number of methoxy groups -OCH3 is 1. The van der Waals surface area contributed by atoms with Gasteiger partial charge in [-0.15, -0.1) is 0 Å². The second-order valence-corrected chi connectivity index (χ2v) is 4.68. The van der Waals surface area contributed by atoms with Crippen molar-refractivity contribution in [2.45, 2.75) is 6.61 Å². The fourth-order valence-electron chi connectivity index (χ4n) is 1.46. The Morgan fingerprint density at radius 3 is 2.80 bits per heavy atom. The number of nitrogens with two attached hydrogens (primary N) is 1. The predicted molar refractivity (Wildman–Crippen MR) is 74.7 cm³/mol. The third-order valence-corrected chi connectivity index (χ3v) is 2.77. The normalized spacial score (nSPS) is 10.4. The quantitative estimate of drug-likeness (QED) is 0.642. The van der Waals surface area contributed by atoms with Gasteiger partial charge in [0, 0.05) is 17.6 Å². The van der Waals surface area contributed by atoms with Crippen LogP contribution < -0.4 is 16.0 Å². The zero-order chi connectivity index (χ0) is 14.5. The van der Waals surface area contributed by atoms with E-state index in [9.17, 15) is 4.39 Å². The van der Waals surface area contributed by atoms with E-state index < -0.39 is 5.82 Å². The van der Waals surface area contributed by atoms with Crippen LogP contribution in [-0.2, 0) is 11.3 Å². The molecule has 2 rings (SSSR count). The third-order valence-electron chi connectivity index (χ3n) is 2.28. The summed E-state index contributed by atoms with van der Waals surface area (Å²) in [6.45, 7) is 0.189. The maximum absolute atomic E-state index is 13.7. The van der Waals surface area contributed by atoms with Crippen LogP contribution in [0.4, 0.5) is 10.2 Å². The molecule has 1 heterocycles. The van der Waals surface area contributed by atoms with E-state index in [0.29, 0.717) is 16.1 Å². The molecule has 0 fully saturated rings. The van der Waals surface area contributed by atoms with Gasteiger partial charge in [0.1, 0.15) is 12.4 Å². The van der Waals surface area contributed by atoms with Gasteiger partial charge in [-0.05, 0) is 18.2 Å². The minimum Gasteiger partial charge on any atom is -0.436 e. The van der Waals surface area contributed by atoms with E-state index in [1.54, 1.807) is 6.07 Å². The Hall–Kier alpha value is -1.77. The summed E-state index contributed by atoms with van der Waals surface area (Å²) in [6.07, 6.45) is 0.